The highest BCUT2D eigenvalue weighted by atomic mass is 16.5. The minimum atomic E-state index is -0.679. The van der Waals surface area contributed by atoms with Gasteiger partial charge in [0, 0.05) is 12.8 Å². The van der Waals surface area contributed by atoms with Gasteiger partial charge in [-0.3, -0.25) is 9.59 Å². The van der Waals surface area contributed by atoms with E-state index in [0.29, 0.717) is 25.9 Å². The summed E-state index contributed by atoms with van der Waals surface area (Å²) in [4.78, 5) is 24.4. The molecule has 3 N–H and O–H groups in total. The van der Waals surface area contributed by atoms with Gasteiger partial charge in [0.2, 0.25) is 5.91 Å². The molecule has 2 unspecified atom stereocenters. The summed E-state index contributed by atoms with van der Waals surface area (Å²) in [6.45, 7) is 4.84. The molecule has 0 radical (unpaired) electrons. The number of hydrogen-bond acceptors (Lipinski definition) is 5. The van der Waals surface area contributed by atoms with E-state index < -0.39 is 12.1 Å². The summed E-state index contributed by atoms with van der Waals surface area (Å²) in [6.07, 6.45) is 62.2. The van der Waals surface area contributed by atoms with Crippen molar-refractivity contribution < 1.29 is 24.5 Å². The number of esters is 1. The average Bonchev–Trinajstić information content (AvgIpc) is 3.26. The van der Waals surface area contributed by atoms with E-state index in [-0.39, 0.29) is 18.5 Å². The fraction of sp³-hybridized carbons (Fsp3) is 0.818. The molecule has 0 spiro atoms. The Balaban J connectivity index is 3.54. The van der Waals surface area contributed by atoms with Crippen LogP contribution in [0.15, 0.2) is 48.6 Å². The monoisotopic (exact) mass is 856 g/mol. The number of carbonyl (C=O) groups excluding carboxylic acids is 2. The van der Waals surface area contributed by atoms with Gasteiger partial charge in [0.05, 0.1) is 25.4 Å². The van der Waals surface area contributed by atoms with E-state index in [1.807, 2.05) is 0 Å². The van der Waals surface area contributed by atoms with Crippen LogP contribution in [0.4, 0.5) is 0 Å². The van der Waals surface area contributed by atoms with Crippen molar-refractivity contribution in [3.05, 3.63) is 48.6 Å². The Hall–Kier alpha value is -2.18. The molecule has 0 rings (SSSR count). The van der Waals surface area contributed by atoms with Gasteiger partial charge in [-0.05, 0) is 83.5 Å². The van der Waals surface area contributed by atoms with Crippen molar-refractivity contribution in [3.8, 4) is 0 Å². The van der Waals surface area contributed by atoms with Gasteiger partial charge in [-0.1, -0.05) is 217 Å². The zero-order valence-electron chi connectivity index (χ0n) is 40.4. The molecular formula is C55H101NO5. The first-order valence-electron chi connectivity index (χ1n) is 26.4. The third-order valence-corrected chi connectivity index (χ3v) is 11.9. The van der Waals surface area contributed by atoms with Crippen LogP contribution in [0.3, 0.4) is 0 Å². The first-order valence-corrected chi connectivity index (χ1v) is 26.4. The summed E-state index contributed by atoms with van der Waals surface area (Å²) in [7, 11) is 0. The molecule has 0 aliphatic carbocycles. The van der Waals surface area contributed by atoms with Crippen LogP contribution in [0.25, 0.3) is 0 Å². The van der Waals surface area contributed by atoms with Gasteiger partial charge >= 0.3 is 5.97 Å². The quantitative estimate of drug-likeness (QED) is 0.0245. The molecule has 0 aliphatic heterocycles. The Kier molecular flexibility index (Phi) is 48.7. The highest BCUT2D eigenvalue weighted by Gasteiger charge is 2.20. The molecule has 356 valence electrons. The predicted octanol–water partition coefficient (Wildman–Crippen LogP) is 15.8. The minimum absolute atomic E-state index is 0.0369. The third-order valence-electron chi connectivity index (χ3n) is 11.9. The largest absolute Gasteiger partial charge is 0.466 e. The molecule has 0 saturated carbocycles. The Bertz CT molecular complexity index is 1040. The van der Waals surface area contributed by atoms with E-state index in [2.05, 4.69) is 67.8 Å². The lowest BCUT2D eigenvalue weighted by Gasteiger charge is -2.22. The zero-order valence-corrected chi connectivity index (χ0v) is 40.4. The van der Waals surface area contributed by atoms with E-state index in [4.69, 9.17) is 4.74 Å². The van der Waals surface area contributed by atoms with E-state index >= 15 is 0 Å². The van der Waals surface area contributed by atoms with Crippen molar-refractivity contribution in [3.63, 3.8) is 0 Å². The smallest absolute Gasteiger partial charge is 0.305 e. The number of rotatable bonds is 48. The molecule has 0 aromatic rings. The molecule has 0 bridgehead atoms. The van der Waals surface area contributed by atoms with E-state index in [1.54, 1.807) is 0 Å². The van der Waals surface area contributed by atoms with Crippen molar-refractivity contribution in [2.45, 2.75) is 276 Å². The van der Waals surface area contributed by atoms with Crippen molar-refractivity contribution >= 4 is 11.9 Å². The number of unbranched alkanes of at least 4 members (excludes halogenated alkanes) is 30. The highest BCUT2D eigenvalue weighted by Crippen LogP contribution is 2.16. The van der Waals surface area contributed by atoms with Gasteiger partial charge in [-0.15, -0.1) is 0 Å². The standard InChI is InChI=1S/C55H101NO5/c1-3-5-7-9-11-13-15-17-20-23-27-31-35-39-43-47-53(58)52(51-57)56-54(59)48-44-40-36-32-28-24-21-19-22-26-30-34-38-42-46-50-61-55(60)49-45-41-37-33-29-25-18-16-14-12-10-8-6-4-2/h10,12,16,18-19,22,26,30,52-53,57-58H,3-9,11,13-15,17,20-21,23-25,27-29,31-51H2,1-2H3,(H,56,59)/b12-10-,18-16-,22-19-,30-26-. The van der Waals surface area contributed by atoms with Gasteiger partial charge < -0.3 is 20.3 Å². The molecule has 0 aromatic carbocycles. The Labute approximate surface area is 378 Å². The number of aliphatic hydroxyl groups is 2. The lowest BCUT2D eigenvalue weighted by atomic mass is 10.0. The third kappa shape index (κ3) is 47.1. The molecule has 0 aliphatic rings. The molecule has 2 atom stereocenters. The maximum atomic E-state index is 12.4. The number of amides is 1. The zero-order chi connectivity index (χ0) is 44.4. The Morgan fingerprint density at radius 2 is 0.885 bits per heavy atom. The SMILES string of the molecule is CCCC/C=C\C/C=C\CCCCCCCC(=O)OCCCCC/C=C\C=C/CCCCCCCCC(=O)NC(CO)C(O)CCCCCCCCCCCCCCCCC. The van der Waals surface area contributed by atoms with Crippen LogP contribution < -0.4 is 5.32 Å². The van der Waals surface area contributed by atoms with Crippen LogP contribution in [-0.4, -0.2) is 47.4 Å². The number of aliphatic hydroxyl groups excluding tert-OH is 2. The second-order valence-electron chi connectivity index (χ2n) is 17.9. The van der Waals surface area contributed by atoms with Crippen LogP contribution in [0.2, 0.25) is 0 Å². The van der Waals surface area contributed by atoms with E-state index in [1.165, 1.54) is 141 Å². The summed E-state index contributed by atoms with van der Waals surface area (Å²) in [6, 6.07) is -0.559. The van der Waals surface area contributed by atoms with Crippen LogP contribution >= 0.6 is 0 Å². The molecule has 0 saturated heterocycles. The lowest BCUT2D eigenvalue weighted by Crippen LogP contribution is -2.45. The second-order valence-corrected chi connectivity index (χ2v) is 17.9. The van der Waals surface area contributed by atoms with Crippen LogP contribution in [0.1, 0.15) is 264 Å². The van der Waals surface area contributed by atoms with Crippen LogP contribution in [0, 0.1) is 0 Å². The summed E-state index contributed by atoms with van der Waals surface area (Å²) in [5, 5.41) is 23.2. The predicted molar refractivity (Wildman–Crippen MR) is 264 cm³/mol. The van der Waals surface area contributed by atoms with Gasteiger partial charge in [0.15, 0.2) is 0 Å². The summed E-state index contributed by atoms with van der Waals surface area (Å²) in [5.41, 5.74) is 0. The molecular weight excluding hydrogens is 755 g/mol. The van der Waals surface area contributed by atoms with Crippen molar-refractivity contribution in [1.29, 1.82) is 0 Å². The molecule has 6 heteroatoms. The van der Waals surface area contributed by atoms with E-state index in [0.717, 1.165) is 89.9 Å². The first-order chi connectivity index (χ1) is 30.0. The van der Waals surface area contributed by atoms with Crippen LogP contribution in [0.5, 0.6) is 0 Å². The topological polar surface area (TPSA) is 95.9 Å². The van der Waals surface area contributed by atoms with Crippen molar-refractivity contribution in [2.24, 2.45) is 0 Å². The molecule has 0 fully saturated rings. The molecule has 6 nitrogen and oxygen atoms in total. The van der Waals surface area contributed by atoms with Crippen molar-refractivity contribution in [1.82, 2.24) is 5.32 Å². The van der Waals surface area contributed by atoms with Gasteiger partial charge in [0.1, 0.15) is 0 Å². The van der Waals surface area contributed by atoms with Gasteiger partial charge in [-0.2, -0.15) is 0 Å². The molecule has 61 heavy (non-hydrogen) atoms. The van der Waals surface area contributed by atoms with E-state index in [9.17, 15) is 19.8 Å². The summed E-state index contributed by atoms with van der Waals surface area (Å²) < 4.78 is 5.43. The number of hydrogen-bond donors (Lipinski definition) is 3. The number of allylic oxidation sites excluding steroid dienone is 8. The average molecular weight is 856 g/mol. The highest BCUT2D eigenvalue weighted by molar-refractivity contribution is 5.76. The Morgan fingerprint density at radius 3 is 1.39 bits per heavy atom. The lowest BCUT2D eigenvalue weighted by molar-refractivity contribution is -0.143. The number of ether oxygens (including phenoxy) is 1. The van der Waals surface area contributed by atoms with Gasteiger partial charge in [0.25, 0.3) is 0 Å². The van der Waals surface area contributed by atoms with Crippen molar-refractivity contribution in [2.75, 3.05) is 13.2 Å². The summed E-state index contributed by atoms with van der Waals surface area (Å²) >= 11 is 0. The summed E-state index contributed by atoms with van der Waals surface area (Å²) in [5.74, 6) is -0.0956. The maximum absolute atomic E-state index is 12.4. The van der Waals surface area contributed by atoms with Crippen LogP contribution in [-0.2, 0) is 14.3 Å². The second kappa shape index (κ2) is 50.5. The fourth-order valence-corrected chi connectivity index (χ4v) is 7.76. The number of nitrogens with one attached hydrogen (secondary N) is 1. The minimum Gasteiger partial charge on any atom is -0.466 e. The maximum Gasteiger partial charge on any atom is 0.305 e. The van der Waals surface area contributed by atoms with Gasteiger partial charge in [-0.25, -0.2) is 0 Å². The Morgan fingerprint density at radius 1 is 0.475 bits per heavy atom. The number of carbonyl (C=O) groups is 2. The normalized spacial score (nSPS) is 13.0. The fourth-order valence-electron chi connectivity index (χ4n) is 7.76. The molecule has 1 amide bonds. The molecule has 0 aromatic heterocycles. The first kappa shape index (κ1) is 58.8. The molecule has 0 heterocycles.